The van der Waals surface area contributed by atoms with Gasteiger partial charge in [0, 0.05) is 12.1 Å². The summed E-state index contributed by atoms with van der Waals surface area (Å²) in [4.78, 5) is 34.5. The molecule has 32 heavy (non-hydrogen) atoms. The number of hydrogen-bond acceptors (Lipinski definition) is 7. The lowest BCUT2D eigenvalue weighted by Gasteiger charge is -2.05. The number of ether oxygens (including phenoxy) is 1. The minimum absolute atomic E-state index is 0.0164. The molecule has 164 valence electrons. The minimum Gasteiger partial charge on any atom is -0.423 e. The maximum absolute atomic E-state index is 12.2. The lowest BCUT2D eigenvalue weighted by atomic mass is 10.2. The number of aromatic nitrogens is 2. The lowest BCUT2D eigenvalue weighted by Crippen LogP contribution is -2.24. The van der Waals surface area contributed by atoms with Crippen molar-refractivity contribution in [3.8, 4) is 5.75 Å². The number of carbonyl (C=O) groups is 2. The van der Waals surface area contributed by atoms with E-state index in [9.17, 15) is 19.7 Å². The Labute approximate surface area is 191 Å². The molecule has 3 rings (SSSR count). The molecule has 11 heteroatoms. The maximum atomic E-state index is 12.2. The number of nitrogens with zero attached hydrogens (tertiary/aromatic N) is 4. The second-order valence-electron chi connectivity index (χ2n) is 6.70. The Morgan fingerprint density at radius 3 is 2.59 bits per heavy atom. The van der Waals surface area contributed by atoms with Gasteiger partial charge in [0.15, 0.2) is 0 Å². The highest BCUT2D eigenvalue weighted by molar-refractivity contribution is 9.10. The van der Waals surface area contributed by atoms with Gasteiger partial charge >= 0.3 is 5.97 Å². The van der Waals surface area contributed by atoms with Gasteiger partial charge in [-0.15, -0.1) is 0 Å². The Kier molecular flexibility index (Phi) is 7.11. The molecule has 2 aromatic carbocycles. The second kappa shape index (κ2) is 9.96. The van der Waals surface area contributed by atoms with Crippen LogP contribution in [0.2, 0.25) is 0 Å². The number of benzene rings is 2. The van der Waals surface area contributed by atoms with Crippen LogP contribution in [0.4, 0.5) is 5.69 Å². The number of nitrogens with one attached hydrogen (secondary N) is 1. The first kappa shape index (κ1) is 22.8. The second-order valence-corrected chi connectivity index (χ2v) is 7.49. The molecule has 0 atom stereocenters. The highest BCUT2D eigenvalue weighted by Gasteiger charge is 2.13. The van der Waals surface area contributed by atoms with Gasteiger partial charge in [0.2, 0.25) is 0 Å². The molecule has 1 amide bonds. The van der Waals surface area contributed by atoms with Gasteiger partial charge < -0.3 is 4.74 Å². The highest BCUT2D eigenvalue weighted by atomic mass is 79.9. The fourth-order valence-corrected chi connectivity index (χ4v) is 3.01. The number of hydrogen-bond donors (Lipinski definition) is 1. The maximum Gasteiger partial charge on any atom is 0.343 e. The molecule has 1 aromatic heterocycles. The van der Waals surface area contributed by atoms with Crippen molar-refractivity contribution in [3.05, 3.63) is 85.6 Å². The fraction of sp³-hybridized carbons (Fsp3) is 0.143. The van der Waals surface area contributed by atoms with Crippen molar-refractivity contribution in [1.82, 2.24) is 15.2 Å². The van der Waals surface area contributed by atoms with Gasteiger partial charge in [0.25, 0.3) is 11.6 Å². The average Bonchev–Trinajstić information content (AvgIpc) is 3.00. The summed E-state index contributed by atoms with van der Waals surface area (Å²) in [7, 11) is 0. The number of esters is 1. The lowest BCUT2D eigenvalue weighted by molar-refractivity contribution is -0.384. The van der Waals surface area contributed by atoms with Crippen LogP contribution in [0.25, 0.3) is 0 Å². The van der Waals surface area contributed by atoms with Gasteiger partial charge in [-0.2, -0.15) is 10.2 Å². The van der Waals surface area contributed by atoms with Crippen molar-refractivity contribution in [2.45, 2.75) is 20.4 Å². The van der Waals surface area contributed by atoms with Crippen molar-refractivity contribution < 1.29 is 19.2 Å². The number of hydrazone groups is 1. The Bertz CT molecular complexity index is 1200. The van der Waals surface area contributed by atoms with Crippen molar-refractivity contribution in [3.63, 3.8) is 0 Å². The molecule has 1 N–H and O–H groups in total. The summed E-state index contributed by atoms with van der Waals surface area (Å²) in [6.07, 6.45) is 1.41. The van der Waals surface area contributed by atoms with Crippen LogP contribution in [0.3, 0.4) is 0 Å². The zero-order chi connectivity index (χ0) is 23.3. The van der Waals surface area contributed by atoms with E-state index in [-0.39, 0.29) is 29.5 Å². The first-order valence-corrected chi connectivity index (χ1v) is 10.1. The zero-order valence-electron chi connectivity index (χ0n) is 17.1. The molecule has 10 nitrogen and oxygen atoms in total. The standard InChI is InChI=1S/C21H18BrN5O5/c1-13-20(22)14(2)26(25-13)12-19(28)24-23-11-15-4-3-5-18(10-15)32-21(29)16-6-8-17(9-7-16)27(30)31/h3-11H,12H2,1-2H3,(H,24,28)/b23-11+. The van der Waals surface area contributed by atoms with E-state index in [4.69, 9.17) is 4.74 Å². The molecule has 1 heterocycles. The predicted molar refractivity (Wildman–Crippen MR) is 120 cm³/mol. The molecular formula is C21H18BrN5O5. The van der Waals surface area contributed by atoms with E-state index in [1.54, 1.807) is 28.9 Å². The van der Waals surface area contributed by atoms with Crippen LogP contribution in [0.1, 0.15) is 27.3 Å². The van der Waals surface area contributed by atoms with Crippen molar-refractivity contribution in [1.29, 1.82) is 0 Å². The number of non-ortho nitro benzene ring substituents is 1. The van der Waals surface area contributed by atoms with Gasteiger partial charge in [0.05, 0.1) is 32.6 Å². The highest BCUT2D eigenvalue weighted by Crippen LogP contribution is 2.19. The number of halogens is 1. The van der Waals surface area contributed by atoms with Crippen molar-refractivity contribution in [2.24, 2.45) is 5.10 Å². The van der Waals surface area contributed by atoms with E-state index in [0.29, 0.717) is 5.56 Å². The SMILES string of the molecule is Cc1nn(CC(=O)N/N=C/c2cccc(OC(=O)c3ccc([N+](=O)[O-])cc3)c2)c(C)c1Br. The molecule has 0 radical (unpaired) electrons. The number of rotatable bonds is 7. The predicted octanol–water partition coefficient (Wildman–Crippen LogP) is 3.54. The number of nitro benzene ring substituents is 1. The zero-order valence-corrected chi connectivity index (χ0v) is 18.7. The third kappa shape index (κ3) is 5.64. The third-order valence-corrected chi connectivity index (χ3v) is 5.52. The fourth-order valence-electron chi connectivity index (χ4n) is 2.72. The van der Waals surface area contributed by atoms with Gasteiger partial charge in [-0.1, -0.05) is 12.1 Å². The quantitative estimate of drug-likeness (QED) is 0.174. The molecule has 0 aliphatic heterocycles. The van der Waals surface area contributed by atoms with Crippen molar-refractivity contribution >= 4 is 39.7 Å². The van der Waals surface area contributed by atoms with Crippen LogP contribution < -0.4 is 10.2 Å². The Morgan fingerprint density at radius 2 is 1.97 bits per heavy atom. The first-order valence-electron chi connectivity index (χ1n) is 9.32. The van der Waals surface area contributed by atoms with E-state index >= 15 is 0 Å². The molecule has 0 bridgehead atoms. The molecule has 0 fully saturated rings. The van der Waals surface area contributed by atoms with Gasteiger partial charge in [0.1, 0.15) is 12.3 Å². The van der Waals surface area contributed by atoms with Crippen LogP contribution in [-0.2, 0) is 11.3 Å². The van der Waals surface area contributed by atoms with E-state index in [1.807, 2.05) is 13.8 Å². The van der Waals surface area contributed by atoms with Gasteiger partial charge in [-0.25, -0.2) is 10.2 Å². The van der Waals surface area contributed by atoms with Crippen LogP contribution in [0, 0.1) is 24.0 Å². The van der Waals surface area contributed by atoms with Crippen LogP contribution in [0.15, 0.2) is 58.1 Å². The van der Waals surface area contributed by atoms with E-state index < -0.39 is 10.9 Å². The summed E-state index contributed by atoms with van der Waals surface area (Å²) in [6.45, 7) is 3.71. The van der Waals surface area contributed by atoms with Crippen LogP contribution in [0.5, 0.6) is 5.75 Å². The topological polar surface area (TPSA) is 129 Å². The summed E-state index contributed by atoms with van der Waals surface area (Å²) in [5.74, 6) is -0.741. The Balaban J connectivity index is 1.58. The Morgan fingerprint density at radius 1 is 1.25 bits per heavy atom. The average molecular weight is 500 g/mol. The van der Waals surface area contributed by atoms with Crippen LogP contribution >= 0.6 is 15.9 Å². The molecule has 0 aliphatic carbocycles. The summed E-state index contributed by atoms with van der Waals surface area (Å²) in [5, 5.41) is 18.9. The van der Waals surface area contributed by atoms with Crippen LogP contribution in [-0.4, -0.2) is 32.8 Å². The molecule has 0 spiro atoms. The number of carbonyl (C=O) groups excluding carboxylic acids is 2. The molecular weight excluding hydrogens is 482 g/mol. The summed E-state index contributed by atoms with van der Waals surface area (Å²) in [5.41, 5.74) is 4.71. The minimum atomic E-state index is -0.654. The van der Waals surface area contributed by atoms with E-state index in [0.717, 1.165) is 15.9 Å². The van der Waals surface area contributed by atoms with Crippen molar-refractivity contribution in [2.75, 3.05) is 0 Å². The number of aryl methyl sites for hydroxylation is 1. The molecule has 0 saturated heterocycles. The number of nitro groups is 1. The molecule has 0 saturated carbocycles. The van der Waals surface area contributed by atoms with Gasteiger partial charge in [-0.05, 0) is 59.6 Å². The molecule has 0 aliphatic rings. The monoisotopic (exact) mass is 499 g/mol. The smallest absolute Gasteiger partial charge is 0.343 e. The summed E-state index contributed by atoms with van der Waals surface area (Å²) < 4.78 is 7.73. The largest absolute Gasteiger partial charge is 0.423 e. The van der Waals surface area contributed by atoms with Gasteiger partial charge in [-0.3, -0.25) is 19.6 Å². The van der Waals surface area contributed by atoms with E-state index in [2.05, 4.69) is 31.6 Å². The Hall–Kier alpha value is -3.86. The summed E-state index contributed by atoms with van der Waals surface area (Å²) in [6, 6.07) is 11.6. The normalized spacial score (nSPS) is 10.8. The number of amides is 1. The molecule has 0 unspecified atom stereocenters. The summed E-state index contributed by atoms with van der Waals surface area (Å²) >= 11 is 3.41. The first-order chi connectivity index (χ1) is 15.2. The van der Waals surface area contributed by atoms with E-state index in [1.165, 1.54) is 30.5 Å². The molecule has 3 aromatic rings. The third-order valence-electron chi connectivity index (χ3n) is 4.37.